The minimum Gasteiger partial charge on any atom is -0.396 e. The Balaban J connectivity index is 2.06. The number of H-pyrrole nitrogens is 1. The van der Waals surface area contributed by atoms with Crippen LogP contribution in [0.15, 0.2) is 6.20 Å². The van der Waals surface area contributed by atoms with Gasteiger partial charge in [0, 0.05) is 5.54 Å². The van der Waals surface area contributed by atoms with Gasteiger partial charge in [0.1, 0.15) is 5.69 Å². The molecule has 1 aromatic rings. The number of rotatable bonds is 2. The Labute approximate surface area is 82.1 Å². The maximum absolute atomic E-state index is 11.7. The van der Waals surface area contributed by atoms with E-state index in [1.54, 1.807) is 0 Å². The number of aromatic amines is 1. The first-order valence-electron chi connectivity index (χ1n) is 4.72. The van der Waals surface area contributed by atoms with E-state index >= 15 is 0 Å². The van der Waals surface area contributed by atoms with Crippen molar-refractivity contribution in [2.45, 2.75) is 31.7 Å². The summed E-state index contributed by atoms with van der Waals surface area (Å²) in [7, 11) is 0. The Bertz CT molecular complexity index is 353. The van der Waals surface area contributed by atoms with Crippen LogP contribution in [-0.2, 0) is 0 Å². The molecule has 1 amide bonds. The number of hydrogen-bond acceptors (Lipinski definition) is 3. The lowest BCUT2D eigenvalue weighted by Crippen LogP contribution is -2.51. The summed E-state index contributed by atoms with van der Waals surface area (Å²) in [6, 6.07) is 0. The predicted molar refractivity (Wildman–Crippen MR) is 52.7 cm³/mol. The predicted octanol–water partition coefficient (Wildman–Crippen LogP) is 0.664. The fourth-order valence-electron chi connectivity index (χ4n) is 1.65. The first-order valence-corrected chi connectivity index (χ1v) is 4.72. The van der Waals surface area contributed by atoms with Crippen LogP contribution < -0.4 is 11.1 Å². The smallest absolute Gasteiger partial charge is 0.271 e. The Kier molecular flexibility index (Phi) is 1.94. The highest BCUT2D eigenvalue weighted by Crippen LogP contribution is 2.31. The molecule has 0 aromatic carbocycles. The number of nitrogens with zero attached hydrogens (tertiary/aromatic N) is 1. The number of nitrogens with two attached hydrogens (primary N) is 1. The molecular weight excluding hydrogens is 180 g/mol. The van der Waals surface area contributed by atoms with E-state index < -0.39 is 0 Å². The van der Waals surface area contributed by atoms with Gasteiger partial charge in [0.25, 0.3) is 5.91 Å². The lowest BCUT2D eigenvalue weighted by atomic mass is 9.78. The molecule has 1 aliphatic rings. The van der Waals surface area contributed by atoms with Gasteiger partial charge in [-0.05, 0) is 26.2 Å². The fraction of sp³-hybridized carbons (Fsp3) is 0.556. The third-order valence-corrected chi connectivity index (χ3v) is 2.77. The number of carbonyl (C=O) groups excluding carboxylic acids is 1. The van der Waals surface area contributed by atoms with Crippen LogP contribution in [0.2, 0.25) is 0 Å². The highest BCUT2D eigenvalue weighted by atomic mass is 16.2. The van der Waals surface area contributed by atoms with Crippen LogP contribution in [-0.4, -0.2) is 21.6 Å². The van der Waals surface area contributed by atoms with Gasteiger partial charge in [-0.15, -0.1) is 0 Å². The average Bonchev–Trinajstić information content (AvgIpc) is 2.48. The molecule has 0 saturated heterocycles. The Morgan fingerprint density at radius 3 is 2.86 bits per heavy atom. The zero-order chi connectivity index (χ0) is 10.2. The number of aromatic nitrogens is 2. The number of nitrogens with one attached hydrogen (secondary N) is 2. The van der Waals surface area contributed by atoms with Crippen molar-refractivity contribution in [2.24, 2.45) is 0 Å². The quantitative estimate of drug-likeness (QED) is 0.646. The SMILES string of the molecule is CC1(NC(=O)c2[nH]ncc2N)CCC1. The summed E-state index contributed by atoms with van der Waals surface area (Å²) < 4.78 is 0. The van der Waals surface area contributed by atoms with E-state index in [4.69, 9.17) is 5.73 Å². The molecule has 76 valence electrons. The fourth-order valence-corrected chi connectivity index (χ4v) is 1.65. The van der Waals surface area contributed by atoms with Crippen molar-refractivity contribution in [3.05, 3.63) is 11.9 Å². The van der Waals surface area contributed by atoms with Gasteiger partial charge in [-0.1, -0.05) is 0 Å². The molecule has 1 aliphatic carbocycles. The average molecular weight is 194 g/mol. The summed E-state index contributed by atoms with van der Waals surface area (Å²) in [6.45, 7) is 2.04. The summed E-state index contributed by atoms with van der Waals surface area (Å²) in [5.41, 5.74) is 6.27. The number of hydrogen-bond donors (Lipinski definition) is 3. The first-order chi connectivity index (χ1) is 6.61. The second-order valence-electron chi connectivity index (χ2n) is 4.07. The molecule has 1 fully saturated rings. The van der Waals surface area contributed by atoms with Gasteiger partial charge in [0.2, 0.25) is 0 Å². The van der Waals surface area contributed by atoms with Crippen LogP contribution in [0.3, 0.4) is 0 Å². The molecular formula is C9H14N4O. The van der Waals surface area contributed by atoms with E-state index in [0.717, 1.165) is 12.8 Å². The van der Waals surface area contributed by atoms with Crippen LogP contribution in [0, 0.1) is 0 Å². The highest BCUT2D eigenvalue weighted by molar-refractivity contribution is 5.97. The van der Waals surface area contributed by atoms with Crippen molar-refractivity contribution in [3.63, 3.8) is 0 Å². The normalized spacial score (nSPS) is 18.6. The van der Waals surface area contributed by atoms with Crippen LogP contribution >= 0.6 is 0 Å². The molecule has 0 bridgehead atoms. The molecule has 1 saturated carbocycles. The molecule has 5 nitrogen and oxygen atoms in total. The van der Waals surface area contributed by atoms with Crippen molar-refractivity contribution < 1.29 is 4.79 Å². The number of anilines is 1. The van der Waals surface area contributed by atoms with Crippen LogP contribution in [0.1, 0.15) is 36.7 Å². The van der Waals surface area contributed by atoms with Crippen molar-refractivity contribution >= 4 is 11.6 Å². The number of amides is 1. The number of nitrogen functional groups attached to an aromatic ring is 1. The van der Waals surface area contributed by atoms with Crippen LogP contribution in [0.25, 0.3) is 0 Å². The van der Waals surface area contributed by atoms with Crippen molar-refractivity contribution in [1.82, 2.24) is 15.5 Å². The molecule has 2 rings (SSSR count). The molecule has 0 spiro atoms. The zero-order valence-electron chi connectivity index (χ0n) is 8.13. The second-order valence-corrected chi connectivity index (χ2v) is 4.07. The Hall–Kier alpha value is -1.52. The van der Waals surface area contributed by atoms with E-state index in [9.17, 15) is 4.79 Å². The zero-order valence-corrected chi connectivity index (χ0v) is 8.13. The van der Waals surface area contributed by atoms with Crippen LogP contribution in [0.5, 0.6) is 0 Å². The van der Waals surface area contributed by atoms with Crippen molar-refractivity contribution in [3.8, 4) is 0 Å². The minimum absolute atomic E-state index is 0.0470. The molecule has 0 aliphatic heterocycles. The molecule has 1 aromatic heterocycles. The van der Waals surface area contributed by atoms with E-state index in [1.807, 2.05) is 6.92 Å². The lowest BCUT2D eigenvalue weighted by Gasteiger charge is -2.38. The summed E-state index contributed by atoms with van der Waals surface area (Å²) >= 11 is 0. The highest BCUT2D eigenvalue weighted by Gasteiger charge is 2.33. The molecule has 5 heteroatoms. The standard InChI is InChI=1S/C9H14N4O/c1-9(3-2-4-9)12-8(14)7-6(10)5-11-13-7/h5H,2-4,10H2,1H3,(H,11,13)(H,12,14). The minimum atomic E-state index is -0.165. The van der Waals surface area contributed by atoms with Gasteiger partial charge >= 0.3 is 0 Å². The molecule has 1 heterocycles. The Morgan fingerprint density at radius 2 is 2.43 bits per heavy atom. The summed E-state index contributed by atoms with van der Waals surface area (Å²) in [4.78, 5) is 11.7. The van der Waals surface area contributed by atoms with Gasteiger partial charge in [-0.2, -0.15) is 5.10 Å². The molecule has 0 radical (unpaired) electrons. The van der Waals surface area contributed by atoms with E-state index in [0.29, 0.717) is 11.4 Å². The van der Waals surface area contributed by atoms with E-state index in [-0.39, 0.29) is 11.4 Å². The summed E-state index contributed by atoms with van der Waals surface area (Å²) in [6.07, 6.45) is 4.69. The van der Waals surface area contributed by atoms with Gasteiger partial charge in [0.15, 0.2) is 0 Å². The monoisotopic (exact) mass is 194 g/mol. The Morgan fingerprint density at radius 1 is 1.71 bits per heavy atom. The van der Waals surface area contributed by atoms with Crippen LogP contribution in [0.4, 0.5) is 5.69 Å². The second kappa shape index (κ2) is 3.01. The topological polar surface area (TPSA) is 83.8 Å². The molecule has 4 N–H and O–H groups in total. The molecule has 0 unspecified atom stereocenters. The third-order valence-electron chi connectivity index (χ3n) is 2.77. The largest absolute Gasteiger partial charge is 0.396 e. The maximum atomic E-state index is 11.7. The van der Waals surface area contributed by atoms with Crippen molar-refractivity contribution in [1.29, 1.82) is 0 Å². The van der Waals surface area contributed by atoms with Crippen molar-refractivity contribution in [2.75, 3.05) is 5.73 Å². The third kappa shape index (κ3) is 1.45. The van der Waals surface area contributed by atoms with E-state index in [2.05, 4.69) is 15.5 Å². The van der Waals surface area contributed by atoms with Gasteiger partial charge in [-0.3, -0.25) is 9.89 Å². The van der Waals surface area contributed by atoms with Gasteiger partial charge in [-0.25, -0.2) is 0 Å². The molecule has 14 heavy (non-hydrogen) atoms. The van der Waals surface area contributed by atoms with Gasteiger partial charge in [0.05, 0.1) is 11.9 Å². The summed E-state index contributed by atoms with van der Waals surface area (Å²) in [5.74, 6) is -0.165. The summed E-state index contributed by atoms with van der Waals surface area (Å²) in [5, 5.41) is 9.24. The van der Waals surface area contributed by atoms with Gasteiger partial charge < -0.3 is 11.1 Å². The number of carbonyl (C=O) groups is 1. The molecule has 0 atom stereocenters. The lowest BCUT2D eigenvalue weighted by molar-refractivity contribution is 0.0846. The maximum Gasteiger partial charge on any atom is 0.271 e. The van der Waals surface area contributed by atoms with E-state index in [1.165, 1.54) is 12.6 Å². The first kappa shape index (κ1) is 9.05.